The standard InChI is InChI=1S/C26H22N2O5/c1-31-22-13-7-8-14-23(22)32-17-19-15-16-24(33-19)26(30)28-21-12-6-5-11-20(21)27-25(29)18-9-3-2-4-10-18/h2-16H,17H2,1H3,(H,27,29)(H,28,30). The molecule has 0 fully saturated rings. The first-order valence-electron chi connectivity index (χ1n) is 10.3. The smallest absolute Gasteiger partial charge is 0.291 e. The topological polar surface area (TPSA) is 89.8 Å². The van der Waals surface area contributed by atoms with Crippen LogP contribution in [0.25, 0.3) is 0 Å². The van der Waals surface area contributed by atoms with Gasteiger partial charge in [-0.15, -0.1) is 0 Å². The van der Waals surface area contributed by atoms with Crippen LogP contribution in [0, 0.1) is 0 Å². The first-order valence-corrected chi connectivity index (χ1v) is 10.3. The van der Waals surface area contributed by atoms with Gasteiger partial charge in [-0.1, -0.05) is 42.5 Å². The molecule has 33 heavy (non-hydrogen) atoms. The van der Waals surface area contributed by atoms with E-state index in [1.165, 1.54) is 0 Å². The van der Waals surface area contributed by atoms with Gasteiger partial charge in [0, 0.05) is 5.56 Å². The monoisotopic (exact) mass is 442 g/mol. The Labute approximate surface area is 191 Å². The van der Waals surface area contributed by atoms with Crippen LogP contribution in [0.5, 0.6) is 11.5 Å². The molecule has 0 bridgehead atoms. The first kappa shape index (κ1) is 21.7. The van der Waals surface area contributed by atoms with E-state index in [1.807, 2.05) is 18.2 Å². The highest BCUT2D eigenvalue weighted by Crippen LogP contribution is 2.27. The lowest BCUT2D eigenvalue weighted by Gasteiger charge is -2.11. The van der Waals surface area contributed by atoms with Crippen LogP contribution in [-0.2, 0) is 6.61 Å². The van der Waals surface area contributed by atoms with E-state index in [0.717, 1.165) is 0 Å². The Morgan fingerprint density at radius 2 is 1.33 bits per heavy atom. The minimum absolute atomic E-state index is 0.123. The van der Waals surface area contributed by atoms with Crippen molar-refractivity contribution < 1.29 is 23.5 Å². The molecule has 0 radical (unpaired) electrons. The minimum atomic E-state index is -0.444. The van der Waals surface area contributed by atoms with Gasteiger partial charge in [0.15, 0.2) is 17.3 Å². The van der Waals surface area contributed by atoms with Gasteiger partial charge in [0.2, 0.25) is 0 Å². The van der Waals surface area contributed by atoms with Gasteiger partial charge in [-0.05, 0) is 48.5 Å². The molecule has 0 saturated heterocycles. The third-order valence-corrected chi connectivity index (χ3v) is 4.78. The Bertz CT molecular complexity index is 1250. The van der Waals surface area contributed by atoms with E-state index >= 15 is 0 Å². The molecule has 7 nitrogen and oxygen atoms in total. The van der Waals surface area contributed by atoms with Crippen molar-refractivity contribution in [3.05, 3.63) is 108 Å². The molecule has 0 saturated carbocycles. The normalized spacial score (nSPS) is 10.3. The van der Waals surface area contributed by atoms with E-state index in [9.17, 15) is 9.59 Å². The molecule has 1 heterocycles. The second kappa shape index (κ2) is 10.2. The van der Waals surface area contributed by atoms with Gasteiger partial charge in [-0.3, -0.25) is 9.59 Å². The summed E-state index contributed by atoms with van der Waals surface area (Å²) in [6.07, 6.45) is 0. The number of furan rings is 1. The molecule has 3 aromatic carbocycles. The summed E-state index contributed by atoms with van der Waals surface area (Å²) in [5, 5.41) is 5.60. The van der Waals surface area contributed by atoms with Gasteiger partial charge < -0.3 is 24.5 Å². The van der Waals surface area contributed by atoms with Crippen molar-refractivity contribution in [2.45, 2.75) is 6.61 Å². The maximum atomic E-state index is 12.7. The molecule has 0 aliphatic rings. The summed E-state index contributed by atoms with van der Waals surface area (Å²) in [5.41, 5.74) is 1.45. The molecule has 7 heteroatoms. The highest BCUT2D eigenvalue weighted by Gasteiger charge is 2.15. The third kappa shape index (κ3) is 5.40. The van der Waals surface area contributed by atoms with Crippen LogP contribution in [-0.4, -0.2) is 18.9 Å². The van der Waals surface area contributed by atoms with Gasteiger partial charge in [-0.25, -0.2) is 0 Å². The molecule has 0 aliphatic heterocycles. The Kier molecular flexibility index (Phi) is 6.70. The number of hydrogen-bond donors (Lipinski definition) is 2. The van der Waals surface area contributed by atoms with Crippen LogP contribution in [0.3, 0.4) is 0 Å². The van der Waals surface area contributed by atoms with Crippen molar-refractivity contribution in [3.63, 3.8) is 0 Å². The lowest BCUT2D eigenvalue weighted by molar-refractivity contribution is 0.0989. The quantitative estimate of drug-likeness (QED) is 0.383. The van der Waals surface area contributed by atoms with Crippen LogP contribution >= 0.6 is 0 Å². The Morgan fingerprint density at radius 3 is 2.03 bits per heavy atom. The number of hydrogen-bond acceptors (Lipinski definition) is 5. The second-order valence-corrected chi connectivity index (χ2v) is 7.03. The van der Waals surface area contributed by atoms with Crippen molar-refractivity contribution >= 4 is 23.2 Å². The molecule has 0 unspecified atom stereocenters. The van der Waals surface area contributed by atoms with Gasteiger partial charge in [0.1, 0.15) is 12.4 Å². The van der Waals surface area contributed by atoms with E-state index in [0.29, 0.717) is 34.2 Å². The number of benzene rings is 3. The minimum Gasteiger partial charge on any atom is -0.493 e. The molecule has 1 aromatic heterocycles. The number of anilines is 2. The zero-order chi connectivity index (χ0) is 23.0. The number of nitrogens with one attached hydrogen (secondary N) is 2. The fourth-order valence-corrected chi connectivity index (χ4v) is 3.13. The number of para-hydroxylation sites is 4. The number of ether oxygens (including phenoxy) is 2. The fourth-order valence-electron chi connectivity index (χ4n) is 3.13. The Morgan fingerprint density at radius 1 is 0.727 bits per heavy atom. The number of methoxy groups -OCH3 is 1. The molecule has 0 aliphatic carbocycles. The SMILES string of the molecule is COc1ccccc1OCc1ccc(C(=O)Nc2ccccc2NC(=O)c2ccccc2)o1. The van der Waals surface area contributed by atoms with Gasteiger partial charge in [0.05, 0.1) is 18.5 Å². The van der Waals surface area contributed by atoms with Gasteiger partial charge in [-0.2, -0.15) is 0 Å². The molecule has 2 N–H and O–H groups in total. The highest BCUT2D eigenvalue weighted by atomic mass is 16.5. The van der Waals surface area contributed by atoms with Crippen molar-refractivity contribution in [1.29, 1.82) is 0 Å². The number of amides is 2. The zero-order valence-corrected chi connectivity index (χ0v) is 17.9. The lowest BCUT2D eigenvalue weighted by Crippen LogP contribution is -2.16. The Balaban J connectivity index is 1.41. The molecule has 2 amide bonds. The largest absolute Gasteiger partial charge is 0.493 e. The summed E-state index contributed by atoms with van der Waals surface area (Å²) < 4.78 is 16.6. The second-order valence-electron chi connectivity index (χ2n) is 7.03. The van der Waals surface area contributed by atoms with Crippen LogP contribution in [0.1, 0.15) is 26.7 Å². The van der Waals surface area contributed by atoms with Crippen LogP contribution in [0.15, 0.2) is 95.4 Å². The molecular formula is C26H22N2O5. The predicted molar refractivity (Wildman–Crippen MR) is 125 cm³/mol. The van der Waals surface area contributed by atoms with E-state index in [-0.39, 0.29) is 18.3 Å². The predicted octanol–water partition coefficient (Wildman–Crippen LogP) is 5.37. The summed E-state index contributed by atoms with van der Waals surface area (Å²) in [6.45, 7) is 0.136. The number of rotatable bonds is 8. The maximum absolute atomic E-state index is 12.7. The van der Waals surface area contributed by atoms with Crippen LogP contribution < -0.4 is 20.1 Å². The molecular weight excluding hydrogens is 420 g/mol. The van der Waals surface area contributed by atoms with Crippen molar-refractivity contribution in [2.75, 3.05) is 17.7 Å². The third-order valence-electron chi connectivity index (χ3n) is 4.78. The molecule has 0 atom stereocenters. The maximum Gasteiger partial charge on any atom is 0.291 e. The van der Waals surface area contributed by atoms with Gasteiger partial charge in [0.25, 0.3) is 11.8 Å². The average Bonchev–Trinajstić information content (AvgIpc) is 3.34. The molecule has 4 rings (SSSR count). The molecule has 166 valence electrons. The van der Waals surface area contributed by atoms with Crippen LogP contribution in [0.2, 0.25) is 0 Å². The summed E-state index contributed by atoms with van der Waals surface area (Å²) in [6, 6.07) is 26.3. The fraction of sp³-hybridized carbons (Fsp3) is 0.0769. The van der Waals surface area contributed by atoms with Crippen molar-refractivity contribution in [3.8, 4) is 11.5 Å². The van der Waals surface area contributed by atoms with Crippen molar-refractivity contribution in [2.24, 2.45) is 0 Å². The average molecular weight is 442 g/mol. The zero-order valence-electron chi connectivity index (χ0n) is 17.9. The highest BCUT2D eigenvalue weighted by molar-refractivity contribution is 6.09. The van der Waals surface area contributed by atoms with Gasteiger partial charge >= 0.3 is 0 Å². The summed E-state index contributed by atoms with van der Waals surface area (Å²) in [7, 11) is 1.57. The van der Waals surface area contributed by atoms with Crippen molar-refractivity contribution in [1.82, 2.24) is 0 Å². The number of carbonyl (C=O) groups is 2. The summed E-state index contributed by atoms with van der Waals surface area (Å²) >= 11 is 0. The summed E-state index contributed by atoms with van der Waals surface area (Å²) in [5.74, 6) is 1.07. The first-order chi connectivity index (χ1) is 16.1. The number of carbonyl (C=O) groups excluding carboxylic acids is 2. The van der Waals surface area contributed by atoms with E-state index in [2.05, 4.69) is 10.6 Å². The molecule has 0 spiro atoms. The summed E-state index contributed by atoms with van der Waals surface area (Å²) in [4.78, 5) is 25.2. The lowest BCUT2D eigenvalue weighted by atomic mass is 10.2. The van der Waals surface area contributed by atoms with E-state index < -0.39 is 5.91 Å². The molecule has 4 aromatic rings. The Hall–Kier alpha value is -4.52. The van der Waals surface area contributed by atoms with Crippen LogP contribution in [0.4, 0.5) is 11.4 Å². The van der Waals surface area contributed by atoms with E-state index in [1.54, 1.807) is 79.9 Å². The van der Waals surface area contributed by atoms with E-state index in [4.69, 9.17) is 13.9 Å².